The van der Waals surface area contributed by atoms with Gasteiger partial charge in [0.25, 0.3) is 0 Å². The number of nitrogens with one attached hydrogen (secondary N) is 1. The lowest BCUT2D eigenvalue weighted by atomic mass is 10.1. The van der Waals surface area contributed by atoms with Gasteiger partial charge in [0, 0.05) is 28.5 Å². The maximum absolute atomic E-state index is 12.4. The molecule has 0 saturated heterocycles. The van der Waals surface area contributed by atoms with Crippen molar-refractivity contribution >= 4 is 23.2 Å². The van der Waals surface area contributed by atoms with Gasteiger partial charge in [-0.3, -0.25) is 9.48 Å². The molecule has 0 radical (unpaired) electrons. The lowest BCUT2D eigenvalue weighted by molar-refractivity contribution is -0.115. The van der Waals surface area contributed by atoms with Crippen LogP contribution in [0.5, 0.6) is 0 Å². The van der Waals surface area contributed by atoms with E-state index in [1.54, 1.807) is 6.07 Å². The number of hydrogen-bond acceptors (Lipinski definition) is 2. The lowest BCUT2D eigenvalue weighted by Crippen LogP contribution is -2.16. The molecule has 5 heteroatoms. The molecule has 124 valence electrons. The molecule has 0 spiro atoms. The third-order valence-corrected chi connectivity index (χ3v) is 4.12. The van der Waals surface area contributed by atoms with Crippen molar-refractivity contribution in [2.45, 2.75) is 47.6 Å². The maximum atomic E-state index is 12.4. The smallest absolute Gasteiger partial charge is 0.228 e. The van der Waals surface area contributed by atoms with Crippen molar-refractivity contribution in [2.75, 3.05) is 5.32 Å². The number of carbonyl (C=O) groups excluding carboxylic acids is 1. The van der Waals surface area contributed by atoms with Crippen LogP contribution in [-0.2, 0) is 17.8 Å². The van der Waals surface area contributed by atoms with Crippen LogP contribution < -0.4 is 5.32 Å². The zero-order valence-corrected chi connectivity index (χ0v) is 15.2. The van der Waals surface area contributed by atoms with Crippen LogP contribution in [-0.4, -0.2) is 15.7 Å². The molecule has 0 aliphatic heterocycles. The van der Waals surface area contributed by atoms with Crippen LogP contribution in [0.4, 0.5) is 5.69 Å². The van der Waals surface area contributed by atoms with Gasteiger partial charge in [0.2, 0.25) is 5.91 Å². The molecular weight excluding hydrogens is 310 g/mol. The number of anilines is 1. The molecule has 0 aliphatic carbocycles. The van der Waals surface area contributed by atoms with Crippen molar-refractivity contribution in [3.05, 3.63) is 45.7 Å². The molecule has 1 N–H and O–H groups in total. The fourth-order valence-electron chi connectivity index (χ4n) is 2.60. The third-order valence-electron chi connectivity index (χ3n) is 3.88. The summed E-state index contributed by atoms with van der Waals surface area (Å²) in [6, 6.07) is 5.49. The third kappa shape index (κ3) is 4.35. The van der Waals surface area contributed by atoms with E-state index in [4.69, 9.17) is 11.6 Å². The number of carbonyl (C=O) groups is 1. The molecule has 2 aromatic rings. The Morgan fingerprint density at radius 3 is 2.65 bits per heavy atom. The zero-order valence-electron chi connectivity index (χ0n) is 14.4. The fourth-order valence-corrected chi connectivity index (χ4v) is 2.77. The molecule has 0 fully saturated rings. The summed E-state index contributed by atoms with van der Waals surface area (Å²) >= 11 is 6.00. The largest absolute Gasteiger partial charge is 0.326 e. The van der Waals surface area contributed by atoms with Crippen LogP contribution in [0.1, 0.15) is 36.4 Å². The molecule has 0 atom stereocenters. The van der Waals surface area contributed by atoms with Gasteiger partial charge in [-0.25, -0.2) is 0 Å². The van der Waals surface area contributed by atoms with Gasteiger partial charge < -0.3 is 5.32 Å². The van der Waals surface area contributed by atoms with Gasteiger partial charge in [0.1, 0.15) is 0 Å². The summed E-state index contributed by atoms with van der Waals surface area (Å²) in [5.41, 5.74) is 4.73. The summed E-state index contributed by atoms with van der Waals surface area (Å²) in [5.74, 6) is 0.467. The average Bonchev–Trinajstić information content (AvgIpc) is 2.70. The second-order valence-corrected chi connectivity index (χ2v) is 6.85. The van der Waals surface area contributed by atoms with E-state index < -0.39 is 0 Å². The highest BCUT2D eigenvalue weighted by Gasteiger charge is 2.16. The van der Waals surface area contributed by atoms with Crippen LogP contribution in [0.2, 0.25) is 5.02 Å². The predicted molar refractivity (Wildman–Crippen MR) is 95.1 cm³/mol. The van der Waals surface area contributed by atoms with E-state index in [1.165, 1.54) is 0 Å². The summed E-state index contributed by atoms with van der Waals surface area (Å²) in [6.07, 6.45) is 0.321. The van der Waals surface area contributed by atoms with E-state index in [0.717, 1.165) is 34.7 Å². The van der Waals surface area contributed by atoms with E-state index in [1.807, 2.05) is 37.6 Å². The molecule has 1 aromatic heterocycles. The first-order valence-electron chi connectivity index (χ1n) is 7.86. The Morgan fingerprint density at radius 2 is 2.00 bits per heavy atom. The molecule has 1 amide bonds. The van der Waals surface area contributed by atoms with Crippen LogP contribution in [0.25, 0.3) is 0 Å². The van der Waals surface area contributed by atoms with Crippen molar-refractivity contribution in [3.63, 3.8) is 0 Å². The zero-order chi connectivity index (χ0) is 17.1. The van der Waals surface area contributed by atoms with Crippen molar-refractivity contribution in [3.8, 4) is 0 Å². The molecule has 0 bridgehead atoms. The highest BCUT2D eigenvalue weighted by molar-refractivity contribution is 6.31. The van der Waals surface area contributed by atoms with Crippen LogP contribution in [0, 0.1) is 26.7 Å². The number of amides is 1. The molecule has 1 aromatic carbocycles. The summed E-state index contributed by atoms with van der Waals surface area (Å²) < 4.78 is 1.99. The molecule has 4 nitrogen and oxygen atoms in total. The Labute approximate surface area is 142 Å². The topological polar surface area (TPSA) is 46.9 Å². The average molecular weight is 334 g/mol. The first kappa shape index (κ1) is 17.5. The first-order chi connectivity index (χ1) is 10.8. The number of hydrogen-bond donors (Lipinski definition) is 1. The van der Waals surface area contributed by atoms with Crippen molar-refractivity contribution in [2.24, 2.45) is 5.92 Å². The summed E-state index contributed by atoms with van der Waals surface area (Å²) in [5, 5.41) is 8.12. The number of nitrogens with zero attached hydrogens (tertiary/aromatic N) is 2. The van der Waals surface area contributed by atoms with E-state index in [-0.39, 0.29) is 5.91 Å². The van der Waals surface area contributed by atoms with Crippen molar-refractivity contribution in [1.29, 1.82) is 0 Å². The quantitative estimate of drug-likeness (QED) is 0.886. The monoisotopic (exact) mass is 333 g/mol. The van der Waals surface area contributed by atoms with Crippen LogP contribution in [0.15, 0.2) is 18.2 Å². The van der Waals surface area contributed by atoms with E-state index >= 15 is 0 Å². The van der Waals surface area contributed by atoms with E-state index in [0.29, 0.717) is 17.4 Å². The Balaban J connectivity index is 2.14. The number of rotatable bonds is 5. The minimum Gasteiger partial charge on any atom is -0.326 e. The fraction of sp³-hybridized carbons (Fsp3) is 0.444. The summed E-state index contributed by atoms with van der Waals surface area (Å²) in [6.45, 7) is 11.1. The Hall–Kier alpha value is -1.81. The molecule has 0 aliphatic rings. The highest BCUT2D eigenvalue weighted by atomic mass is 35.5. The van der Waals surface area contributed by atoms with Gasteiger partial charge in [-0.2, -0.15) is 5.10 Å². The highest BCUT2D eigenvalue weighted by Crippen LogP contribution is 2.21. The molecule has 0 saturated carbocycles. The van der Waals surface area contributed by atoms with Crippen LogP contribution >= 0.6 is 11.6 Å². The Kier molecular flexibility index (Phi) is 5.47. The van der Waals surface area contributed by atoms with E-state index in [9.17, 15) is 4.79 Å². The summed E-state index contributed by atoms with van der Waals surface area (Å²) in [7, 11) is 0. The Bertz CT molecular complexity index is 719. The first-order valence-corrected chi connectivity index (χ1v) is 8.24. The number of aryl methyl sites for hydroxylation is 2. The predicted octanol–water partition coefficient (Wildman–Crippen LogP) is 4.30. The normalized spacial score (nSPS) is 11.1. The molecule has 23 heavy (non-hydrogen) atoms. The molecule has 2 rings (SSSR count). The van der Waals surface area contributed by atoms with E-state index in [2.05, 4.69) is 24.3 Å². The Morgan fingerprint density at radius 1 is 1.30 bits per heavy atom. The van der Waals surface area contributed by atoms with Gasteiger partial charge in [-0.1, -0.05) is 31.5 Å². The number of benzene rings is 1. The van der Waals surface area contributed by atoms with Crippen LogP contribution in [0.3, 0.4) is 0 Å². The SMILES string of the molecule is Cc1ccc(Cl)cc1NC(=O)Cc1c(C)nn(CC(C)C)c1C. The van der Waals surface area contributed by atoms with Crippen molar-refractivity contribution < 1.29 is 4.79 Å². The lowest BCUT2D eigenvalue weighted by Gasteiger charge is -2.10. The maximum Gasteiger partial charge on any atom is 0.228 e. The van der Waals surface area contributed by atoms with Gasteiger partial charge in [-0.15, -0.1) is 0 Å². The molecular formula is C18H24ClN3O. The van der Waals surface area contributed by atoms with Gasteiger partial charge in [-0.05, 0) is 44.4 Å². The molecule has 1 heterocycles. The standard InChI is InChI=1S/C18H24ClN3O/c1-11(2)10-22-14(5)16(13(4)21-22)9-18(23)20-17-8-15(19)7-6-12(17)3/h6-8,11H,9-10H2,1-5H3,(H,20,23). The van der Waals surface area contributed by atoms with Gasteiger partial charge >= 0.3 is 0 Å². The molecule has 0 unspecified atom stereocenters. The number of aromatic nitrogens is 2. The second-order valence-electron chi connectivity index (χ2n) is 6.41. The van der Waals surface area contributed by atoms with Gasteiger partial charge in [0.15, 0.2) is 0 Å². The van der Waals surface area contributed by atoms with Gasteiger partial charge in [0.05, 0.1) is 12.1 Å². The minimum atomic E-state index is -0.0503. The summed E-state index contributed by atoms with van der Waals surface area (Å²) in [4.78, 5) is 12.4. The van der Waals surface area contributed by atoms with Crippen molar-refractivity contribution in [1.82, 2.24) is 9.78 Å². The second kappa shape index (κ2) is 7.18. The number of halogens is 1. The minimum absolute atomic E-state index is 0.0503.